The number of hydrogen-bond acceptors (Lipinski definition) is 3. The predicted octanol–water partition coefficient (Wildman–Crippen LogP) is 3.92. The van der Waals surface area contributed by atoms with Gasteiger partial charge in [-0.2, -0.15) is 0 Å². The first kappa shape index (κ1) is 20.3. The van der Waals surface area contributed by atoms with Crippen LogP contribution in [0.4, 0.5) is 5.69 Å². The second-order valence-corrected chi connectivity index (χ2v) is 9.36. The lowest BCUT2D eigenvalue weighted by atomic mass is 10.2. The number of benzene rings is 2. The summed E-state index contributed by atoms with van der Waals surface area (Å²) in [7, 11) is -3.71. The maximum absolute atomic E-state index is 12.8. The Hall–Kier alpha value is -1.41. The van der Waals surface area contributed by atoms with Crippen LogP contribution in [0.2, 0.25) is 5.02 Å². The fourth-order valence-electron chi connectivity index (χ4n) is 3.10. The summed E-state index contributed by atoms with van der Waals surface area (Å²) in [5.41, 5.74) is 2.65. The third-order valence-electron chi connectivity index (χ3n) is 4.54. The molecule has 1 aliphatic heterocycles. The first-order valence-electron chi connectivity index (χ1n) is 8.68. The van der Waals surface area contributed by atoms with Crippen LogP contribution >= 0.6 is 27.5 Å². The number of carbonyl (C=O) groups excluding carboxylic acids is 1. The van der Waals surface area contributed by atoms with Gasteiger partial charge in [0.1, 0.15) is 0 Å². The molecular formula is C19H20BrClN2O3S. The lowest BCUT2D eigenvalue weighted by Gasteiger charge is -2.18. The lowest BCUT2D eigenvalue weighted by Crippen LogP contribution is -2.29. The molecule has 0 saturated heterocycles. The van der Waals surface area contributed by atoms with Gasteiger partial charge in [0.15, 0.2) is 0 Å². The van der Waals surface area contributed by atoms with Gasteiger partial charge in [-0.3, -0.25) is 4.79 Å². The molecule has 1 aliphatic rings. The van der Waals surface area contributed by atoms with E-state index in [0.29, 0.717) is 34.6 Å². The van der Waals surface area contributed by atoms with Crippen LogP contribution < -0.4 is 9.62 Å². The number of anilines is 1. The Morgan fingerprint density at radius 2 is 1.96 bits per heavy atom. The molecule has 8 heteroatoms. The first-order valence-corrected chi connectivity index (χ1v) is 11.3. The molecule has 1 heterocycles. The molecule has 0 aromatic heterocycles. The van der Waals surface area contributed by atoms with Crippen molar-refractivity contribution in [3.8, 4) is 0 Å². The summed E-state index contributed by atoms with van der Waals surface area (Å²) in [5.74, 6) is -0.00452. The standard InChI is InChI=1S/C19H20BrClN2O3S/c1-2-19(24)23-10-8-14-11-16(20)18(12-17(14)23)27(25,26)22-9-7-13-3-5-15(21)6-4-13/h3-6,11-12,22H,2,7-10H2,1H3. The Bertz CT molecular complexity index is 962. The molecule has 0 unspecified atom stereocenters. The van der Waals surface area contributed by atoms with Gasteiger partial charge in [0.25, 0.3) is 0 Å². The molecule has 0 aliphatic carbocycles. The molecule has 0 bridgehead atoms. The molecule has 5 nitrogen and oxygen atoms in total. The number of amides is 1. The highest BCUT2D eigenvalue weighted by Gasteiger charge is 2.28. The van der Waals surface area contributed by atoms with Crippen molar-refractivity contribution in [3.05, 3.63) is 57.0 Å². The second kappa shape index (κ2) is 8.31. The highest BCUT2D eigenvalue weighted by Crippen LogP contribution is 2.35. The monoisotopic (exact) mass is 470 g/mol. The Labute approximate surface area is 172 Å². The van der Waals surface area contributed by atoms with E-state index in [9.17, 15) is 13.2 Å². The minimum absolute atomic E-state index is 0.00452. The first-order chi connectivity index (χ1) is 12.8. The fraction of sp³-hybridized carbons (Fsp3) is 0.316. The normalized spacial score (nSPS) is 13.7. The molecule has 1 amide bonds. The Kier molecular flexibility index (Phi) is 6.25. The number of fused-ring (bicyclic) bond motifs is 1. The molecule has 0 saturated carbocycles. The molecule has 0 radical (unpaired) electrons. The van der Waals surface area contributed by atoms with Gasteiger partial charge in [-0.15, -0.1) is 0 Å². The number of sulfonamides is 1. The summed E-state index contributed by atoms with van der Waals surface area (Å²) in [6.45, 7) is 2.65. The summed E-state index contributed by atoms with van der Waals surface area (Å²) in [6.07, 6.45) is 1.67. The zero-order chi connectivity index (χ0) is 19.6. The maximum atomic E-state index is 12.8. The van der Waals surface area contributed by atoms with Crippen LogP contribution in [-0.4, -0.2) is 27.4 Å². The van der Waals surface area contributed by atoms with Crippen LogP contribution in [0.3, 0.4) is 0 Å². The van der Waals surface area contributed by atoms with Gasteiger partial charge in [0, 0.05) is 34.7 Å². The zero-order valence-corrected chi connectivity index (χ0v) is 18.0. The van der Waals surface area contributed by atoms with Crippen LogP contribution in [0.5, 0.6) is 0 Å². The van der Waals surface area contributed by atoms with Crippen LogP contribution in [0.25, 0.3) is 0 Å². The van der Waals surface area contributed by atoms with Crippen LogP contribution in [0, 0.1) is 0 Å². The number of carbonyl (C=O) groups is 1. The number of nitrogens with one attached hydrogen (secondary N) is 1. The summed E-state index contributed by atoms with van der Waals surface area (Å²) >= 11 is 9.23. The van der Waals surface area contributed by atoms with Gasteiger partial charge >= 0.3 is 0 Å². The maximum Gasteiger partial charge on any atom is 0.241 e. The third kappa shape index (κ3) is 4.54. The highest BCUT2D eigenvalue weighted by molar-refractivity contribution is 9.10. The van der Waals surface area contributed by atoms with Crippen LogP contribution in [0.15, 0.2) is 45.8 Å². The van der Waals surface area contributed by atoms with Crippen molar-refractivity contribution in [1.82, 2.24) is 4.72 Å². The predicted molar refractivity (Wildman–Crippen MR) is 111 cm³/mol. The van der Waals surface area contributed by atoms with E-state index in [-0.39, 0.29) is 17.3 Å². The van der Waals surface area contributed by atoms with Gasteiger partial charge < -0.3 is 4.90 Å². The number of rotatable bonds is 6. The average Bonchev–Trinajstić information content (AvgIpc) is 3.04. The van der Waals surface area contributed by atoms with Gasteiger partial charge in [-0.25, -0.2) is 13.1 Å². The van der Waals surface area contributed by atoms with Crippen molar-refractivity contribution in [2.24, 2.45) is 0 Å². The van der Waals surface area contributed by atoms with Crippen molar-refractivity contribution >= 4 is 49.1 Å². The van der Waals surface area contributed by atoms with Crippen molar-refractivity contribution in [2.75, 3.05) is 18.0 Å². The van der Waals surface area contributed by atoms with E-state index in [1.807, 2.05) is 12.1 Å². The largest absolute Gasteiger partial charge is 0.312 e. The van der Waals surface area contributed by atoms with E-state index in [2.05, 4.69) is 20.7 Å². The van der Waals surface area contributed by atoms with E-state index in [1.165, 1.54) is 0 Å². The average molecular weight is 472 g/mol. The SMILES string of the molecule is CCC(=O)N1CCc2cc(Br)c(S(=O)(=O)NCCc3ccc(Cl)cc3)cc21. The quantitative estimate of drug-likeness (QED) is 0.694. The van der Waals surface area contributed by atoms with Gasteiger partial charge in [0.2, 0.25) is 15.9 Å². The topological polar surface area (TPSA) is 66.5 Å². The molecule has 3 rings (SSSR count). The van der Waals surface area contributed by atoms with Crippen molar-refractivity contribution in [2.45, 2.75) is 31.1 Å². The van der Waals surface area contributed by atoms with E-state index < -0.39 is 10.0 Å². The molecule has 1 N–H and O–H groups in total. The fourth-order valence-corrected chi connectivity index (χ4v) is 5.37. The summed E-state index contributed by atoms with van der Waals surface area (Å²) in [4.78, 5) is 13.9. The van der Waals surface area contributed by atoms with Gasteiger partial charge in [-0.05, 0) is 64.2 Å². The van der Waals surface area contributed by atoms with Crippen LogP contribution in [0.1, 0.15) is 24.5 Å². The summed E-state index contributed by atoms with van der Waals surface area (Å²) in [6, 6.07) is 10.7. The van der Waals surface area contributed by atoms with Crippen molar-refractivity contribution in [3.63, 3.8) is 0 Å². The molecule has 0 spiro atoms. The van der Waals surface area contributed by atoms with Gasteiger partial charge in [0.05, 0.1) is 4.90 Å². The van der Waals surface area contributed by atoms with Crippen molar-refractivity contribution in [1.29, 1.82) is 0 Å². The molecule has 27 heavy (non-hydrogen) atoms. The molecule has 144 valence electrons. The minimum Gasteiger partial charge on any atom is -0.312 e. The minimum atomic E-state index is -3.71. The third-order valence-corrected chi connectivity index (χ3v) is 7.21. The molecule has 0 fully saturated rings. The smallest absolute Gasteiger partial charge is 0.241 e. The zero-order valence-electron chi connectivity index (χ0n) is 14.8. The van der Waals surface area contributed by atoms with Gasteiger partial charge in [-0.1, -0.05) is 30.7 Å². The van der Waals surface area contributed by atoms with E-state index >= 15 is 0 Å². The molecular weight excluding hydrogens is 452 g/mol. The molecule has 2 aromatic rings. The number of nitrogens with zero attached hydrogens (tertiary/aromatic N) is 1. The number of hydrogen-bond donors (Lipinski definition) is 1. The Morgan fingerprint density at radius 3 is 2.63 bits per heavy atom. The Morgan fingerprint density at radius 1 is 1.26 bits per heavy atom. The lowest BCUT2D eigenvalue weighted by molar-refractivity contribution is -0.118. The molecule has 2 aromatic carbocycles. The van der Waals surface area contributed by atoms with E-state index in [4.69, 9.17) is 11.6 Å². The summed E-state index contributed by atoms with van der Waals surface area (Å²) < 4.78 is 28.7. The van der Waals surface area contributed by atoms with Crippen molar-refractivity contribution < 1.29 is 13.2 Å². The summed E-state index contributed by atoms with van der Waals surface area (Å²) in [5, 5.41) is 0.646. The highest BCUT2D eigenvalue weighted by atomic mass is 79.9. The number of halogens is 2. The molecule has 0 atom stereocenters. The van der Waals surface area contributed by atoms with Crippen LogP contribution in [-0.2, 0) is 27.7 Å². The Balaban J connectivity index is 1.78. The van der Waals surface area contributed by atoms with E-state index in [1.54, 1.807) is 36.1 Å². The van der Waals surface area contributed by atoms with E-state index in [0.717, 1.165) is 17.5 Å². The second-order valence-electron chi connectivity index (χ2n) is 6.33.